The molecule has 1 N–H and O–H groups in total. The first-order chi connectivity index (χ1) is 28.6. The van der Waals surface area contributed by atoms with Crippen LogP contribution in [-0.4, -0.2) is 85.6 Å². The highest BCUT2D eigenvalue weighted by molar-refractivity contribution is 6.30. The van der Waals surface area contributed by atoms with Gasteiger partial charge in [0, 0.05) is 43.3 Å². The summed E-state index contributed by atoms with van der Waals surface area (Å²) in [4.78, 5) is 64.0. The molecule has 324 valence electrons. The van der Waals surface area contributed by atoms with E-state index >= 15 is 0 Å². The molecular formula is C47H58ClN7O6. The molecular weight excluding hydrogens is 794 g/mol. The molecule has 1 aromatic heterocycles. The van der Waals surface area contributed by atoms with Crippen molar-refractivity contribution in [2.24, 2.45) is 5.41 Å². The number of amides is 4. The van der Waals surface area contributed by atoms with Crippen molar-refractivity contribution in [3.8, 4) is 6.07 Å². The van der Waals surface area contributed by atoms with Crippen molar-refractivity contribution in [3.63, 3.8) is 0 Å². The molecule has 2 atom stereocenters. The van der Waals surface area contributed by atoms with Crippen LogP contribution in [0.5, 0.6) is 0 Å². The summed E-state index contributed by atoms with van der Waals surface area (Å²) in [7, 11) is 1.57. The van der Waals surface area contributed by atoms with Gasteiger partial charge in [-0.25, -0.2) is 14.6 Å². The fourth-order valence-electron chi connectivity index (χ4n) is 6.98. The standard InChI is InChI=1S/C47H58ClN7O6/c1-31(45(2,3)4)54(44(59)60-30-32-15-12-11-13-16-32)28-33-18-23-39-38(25-33)50-42(51-40(56)34-19-21-36(48)22-20-34)55(39)37-17-14-24-53(29-37)41(57)35(27-49)26-47(8,9)52(10)43(58)61-46(5,6)7/h11-13,15-16,18-23,25-26,31,37H,14,17,24,28-30H2,1-10H3,(H,50,51,56)/t31-,37?/m0/s1. The number of hydrogen-bond acceptors (Lipinski definition) is 8. The average molecular weight is 852 g/mol. The monoisotopic (exact) mass is 851 g/mol. The van der Waals surface area contributed by atoms with Crippen LogP contribution in [0.1, 0.15) is 103 Å². The van der Waals surface area contributed by atoms with E-state index in [0.717, 1.165) is 11.1 Å². The Labute approximate surface area is 364 Å². The van der Waals surface area contributed by atoms with E-state index in [0.29, 0.717) is 41.0 Å². The number of anilines is 1. The van der Waals surface area contributed by atoms with Gasteiger partial charge in [0.25, 0.3) is 11.8 Å². The van der Waals surface area contributed by atoms with Crippen molar-refractivity contribution in [2.75, 3.05) is 25.5 Å². The largest absolute Gasteiger partial charge is 0.445 e. The third kappa shape index (κ3) is 11.7. The lowest BCUT2D eigenvalue weighted by Gasteiger charge is -2.37. The summed E-state index contributed by atoms with van der Waals surface area (Å²) in [5.74, 6) is -0.581. The molecule has 1 saturated heterocycles. The van der Waals surface area contributed by atoms with Crippen LogP contribution in [-0.2, 0) is 27.4 Å². The number of nitrogens with zero attached hydrogens (tertiary/aromatic N) is 6. The predicted molar refractivity (Wildman–Crippen MR) is 237 cm³/mol. The molecule has 0 radical (unpaired) electrons. The molecule has 2 heterocycles. The number of likely N-dealkylation sites (N-methyl/N-ethyl adjacent to an activating group) is 1. The van der Waals surface area contributed by atoms with Crippen molar-refractivity contribution < 1.29 is 28.7 Å². The van der Waals surface area contributed by atoms with E-state index < -0.39 is 35.1 Å². The van der Waals surface area contributed by atoms with Crippen LogP contribution in [0.15, 0.2) is 84.4 Å². The summed E-state index contributed by atoms with van der Waals surface area (Å²) >= 11 is 6.12. The van der Waals surface area contributed by atoms with Gasteiger partial charge >= 0.3 is 12.2 Å². The Morgan fingerprint density at radius 2 is 1.64 bits per heavy atom. The van der Waals surface area contributed by atoms with Crippen LogP contribution < -0.4 is 5.32 Å². The van der Waals surface area contributed by atoms with E-state index in [2.05, 4.69) is 32.2 Å². The number of fused-ring (bicyclic) bond motifs is 1. The van der Waals surface area contributed by atoms with Crippen LogP contribution >= 0.6 is 11.6 Å². The normalized spacial score (nSPS) is 15.4. The zero-order valence-electron chi connectivity index (χ0n) is 36.9. The number of benzene rings is 3. The highest BCUT2D eigenvalue weighted by Gasteiger charge is 2.35. The first-order valence-electron chi connectivity index (χ1n) is 20.5. The molecule has 0 bridgehead atoms. The topological polar surface area (TPSA) is 150 Å². The van der Waals surface area contributed by atoms with Gasteiger partial charge in [-0.05, 0) is 113 Å². The minimum Gasteiger partial charge on any atom is -0.445 e. The number of carbonyl (C=O) groups excluding carboxylic acids is 4. The molecule has 1 aliphatic rings. The van der Waals surface area contributed by atoms with Crippen molar-refractivity contribution in [3.05, 3.63) is 106 Å². The van der Waals surface area contributed by atoms with Gasteiger partial charge in [0.05, 0.1) is 22.6 Å². The second kappa shape index (κ2) is 18.8. The number of carbonyl (C=O) groups is 4. The van der Waals surface area contributed by atoms with Crippen LogP contribution in [0.2, 0.25) is 5.02 Å². The van der Waals surface area contributed by atoms with Gasteiger partial charge in [-0.1, -0.05) is 68.8 Å². The van der Waals surface area contributed by atoms with E-state index in [1.165, 1.54) is 11.0 Å². The molecule has 4 aromatic rings. The SMILES string of the molecule is C[C@H](N(Cc1ccc2c(c1)nc(NC(=O)c1ccc(Cl)cc1)n2C1CCCN(C(=O)C(C#N)=CC(C)(C)N(C)C(=O)OC(C)(C)C)C1)C(=O)OCc1ccccc1)C(C)(C)C. The van der Waals surface area contributed by atoms with Crippen LogP contribution in [0.3, 0.4) is 0 Å². The Balaban J connectivity index is 1.47. The number of nitriles is 1. The fraction of sp³-hybridized carbons (Fsp3) is 0.447. The number of likely N-dealkylation sites (tertiary alicyclic amines) is 1. The summed E-state index contributed by atoms with van der Waals surface area (Å²) in [5, 5.41) is 13.7. The minimum atomic E-state index is -1.03. The maximum atomic E-state index is 14.1. The van der Waals surface area contributed by atoms with Gasteiger partial charge in [-0.15, -0.1) is 0 Å². The van der Waals surface area contributed by atoms with Crippen molar-refractivity contribution >= 4 is 52.6 Å². The smallest absolute Gasteiger partial charge is 0.410 e. The first-order valence-corrected chi connectivity index (χ1v) is 20.9. The van der Waals surface area contributed by atoms with Crippen LogP contribution in [0, 0.1) is 16.7 Å². The van der Waals surface area contributed by atoms with Crippen LogP contribution in [0.4, 0.5) is 15.5 Å². The van der Waals surface area contributed by atoms with Gasteiger partial charge in [0.15, 0.2) is 0 Å². The summed E-state index contributed by atoms with van der Waals surface area (Å²) in [6, 6.07) is 23.4. The summed E-state index contributed by atoms with van der Waals surface area (Å²) in [5.41, 5.74) is 1.25. The third-order valence-electron chi connectivity index (χ3n) is 11.0. The second-order valence-electron chi connectivity index (χ2n) is 18.2. The second-order valence-corrected chi connectivity index (χ2v) is 18.6. The fourth-order valence-corrected chi connectivity index (χ4v) is 7.11. The zero-order chi connectivity index (χ0) is 44.9. The maximum absolute atomic E-state index is 14.1. The summed E-state index contributed by atoms with van der Waals surface area (Å²) in [6.07, 6.45) is 1.74. The molecule has 61 heavy (non-hydrogen) atoms. The van der Waals surface area contributed by atoms with Gasteiger partial charge in [0.1, 0.15) is 23.9 Å². The van der Waals surface area contributed by atoms with Crippen molar-refractivity contribution in [1.82, 2.24) is 24.3 Å². The molecule has 13 nitrogen and oxygen atoms in total. The minimum absolute atomic E-state index is 0.103. The highest BCUT2D eigenvalue weighted by Crippen LogP contribution is 2.33. The van der Waals surface area contributed by atoms with E-state index in [1.807, 2.05) is 60.0 Å². The summed E-state index contributed by atoms with van der Waals surface area (Å²) < 4.78 is 13.3. The quantitative estimate of drug-likeness (QED) is 0.116. The molecule has 4 amide bonds. The lowest BCUT2D eigenvalue weighted by molar-refractivity contribution is -0.128. The molecule has 1 fully saturated rings. The van der Waals surface area contributed by atoms with Crippen LogP contribution in [0.25, 0.3) is 11.0 Å². The highest BCUT2D eigenvalue weighted by atomic mass is 35.5. The Kier molecular flexibility index (Phi) is 14.2. The van der Waals surface area contributed by atoms with E-state index in [4.69, 9.17) is 26.1 Å². The number of ether oxygens (including phenoxy) is 2. The van der Waals surface area contributed by atoms with E-state index in [9.17, 15) is 24.4 Å². The molecule has 14 heteroatoms. The first kappa shape index (κ1) is 46.2. The van der Waals surface area contributed by atoms with Gasteiger partial charge in [-0.3, -0.25) is 14.9 Å². The Morgan fingerprint density at radius 3 is 2.26 bits per heavy atom. The van der Waals surface area contributed by atoms with Crippen molar-refractivity contribution in [2.45, 2.75) is 112 Å². The third-order valence-corrected chi connectivity index (χ3v) is 11.3. The Morgan fingerprint density at radius 1 is 0.967 bits per heavy atom. The van der Waals surface area contributed by atoms with Gasteiger partial charge in [0.2, 0.25) is 5.95 Å². The molecule has 0 aliphatic carbocycles. The summed E-state index contributed by atoms with van der Waals surface area (Å²) in [6.45, 7) is 18.0. The Hall–Kier alpha value is -5.87. The number of aromatic nitrogens is 2. The molecule has 0 saturated carbocycles. The molecule has 5 rings (SSSR count). The predicted octanol–water partition coefficient (Wildman–Crippen LogP) is 9.77. The van der Waals surface area contributed by atoms with E-state index in [-0.39, 0.29) is 48.7 Å². The number of halogens is 1. The number of rotatable bonds is 11. The molecule has 1 aliphatic heterocycles. The maximum Gasteiger partial charge on any atom is 0.410 e. The Bertz CT molecular complexity index is 2300. The zero-order valence-corrected chi connectivity index (χ0v) is 37.7. The molecule has 0 spiro atoms. The number of nitrogens with one attached hydrogen (secondary N) is 1. The molecule has 3 aromatic carbocycles. The lowest BCUT2D eigenvalue weighted by Crippen LogP contribution is -2.47. The number of hydrogen-bond donors (Lipinski definition) is 1. The van der Waals surface area contributed by atoms with Gasteiger partial charge in [-0.2, -0.15) is 5.26 Å². The van der Waals surface area contributed by atoms with Crippen molar-refractivity contribution in [1.29, 1.82) is 5.26 Å². The molecule has 1 unspecified atom stereocenters. The average Bonchev–Trinajstić information content (AvgIpc) is 3.56. The van der Waals surface area contributed by atoms with Gasteiger partial charge < -0.3 is 28.7 Å². The van der Waals surface area contributed by atoms with E-state index in [1.54, 1.807) is 75.7 Å². The lowest BCUT2D eigenvalue weighted by atomic mass is 9.87. The number of imidazole rings is 1. The number of piperidine rings is 1.